The Balaban J connectivity index is 2.03. The third-order valence-corrected chi connectivity index (χ3v) is 3.38. The van der Waals surface area contributed by atoms with Gasteiger partial charge in [0.2, 0.25) is 0 Å². The molecule has 4 heteroatoms. The molecule has 4 nitrogen and oxygen atoms in total. The van der Waals surface area contributed by atoms with Crippen LogP contribution in [0.15, 0.2) is 24.3 Å². The molecule has 1 saturated carbocycles. The van der Waals surface area contributed by atoms with Gasteiger partial charge in [0, 0.05) is 17.2 Å². The fourth-order valence-electron chi connectivity index (χ4n) is 2.34. The molecule has 0 unspecified atom stereocenters. The standard InChI is InChI=1S/C14H19N3O/c15-13(16)10-5-4-6-11(9-10)14(18)17-12-7-2-1-3-8-12/h4-6,9,12H,1-3,7-8H2,(H3,15,16)(H,17,18). The van der Waals surface area contributed by atoms with Crippen molar-refractivity contribution in [2.24, 2.45) is 5.73 Å². The third kappa shape index (κ3) is 3.09. The van der Waals surface area contributed by atoms with E-state index in [0.717, 1.165) is 12.8 Å². The van der Waals surface area contributed by atoms with Gasteiger partial charge >= 0.3 is 0 Å². The maximum atomic E-state index is 12.1. The Labute approximate surface area is 107 Å². The van der Waals surface area contributed by atoms with E-state index in [1.165, 1.54) is 19.3 Å². The number of carbonyl (C=O) groups excluding carboxylic acids is 1. The predicted molar refractivity (Wildman–Crippen MR) is 71.8 cm³/mol. The number of hydrogen-bond acceptors (Lipinski definition) is 2. The van der Waals surface area contributed by atoms with Gasteiger partial charge in [0.15, 0.2) is 0 Å². The number of nitrogens with one attached hydrogen (secondary N) is 2. The number of rotatable bonds is 3. The molecular formula is C14H19N3O. The molecule has 0 radical (unpaired) electrons. The Morgan fingerprint density at radius 1 is 1.22 bits per heavy atom. The summed E-state index contributed by atoms with van der Waals surface area (Å²) in [7, 11) is 0. The molecule has 0 heterocycles. The summed E-state index contributed by atoms with van der Waals surface area (Å²) in [6.07, 6.45) is 5.79. The summed E-state index contributed by atoms with van der Waals surface area (Å²) in [4.78, 5) is 12.1. The first kappa shape index (κ1) is 12.6. The zero-order valence-electron chi connectivity index (χ0n) is 10.4. The van der Waals surface area contributed by atoms with Crippen molar-refractivity contribution in [3.63, 3.8) is 0 Å². The van der Waals surface area contributed by atoms with Gasteiger partial charge in [-0.2, -0.15) is 0 Å². The highest BCUT2D eigenvalue weighted by Gasteiger charge is 2.16. The van der Waals surface area contributed by atoms with Crippen LogP contribution in [0.25, 0.3) is 0 Å². The minimum atomic E-state index is -0.0648. The largest absolute Gasteiger partial charge is 0.384 e. The van der Waals surface area contributed by atoms with E-state index in [-0.39, 0.29) is 11.7 Å². The molecule has 1 aromatic rings. The molecule has 0 atom stereocenters. The molecule has 1 fully saturated rings. The summed E-state index contributed by atoms with van der Waals surface area (Å²) in [5, 5.41) is 10.4. The van der Waals surface area contributed by atoms with E-state index in [0.29, 0.717) is 17.2 Å². The Kier molecular flexibility index (Phi) is 3.97. The highest BCUT2D eigenvalue weighted by Crippen LogP contribution is 2.18. The van der Waals surface area contributed by atoms with Gasteiger partial charge in [-0.25, -0.2) is 0 Å². The molecule has 0 spiro atoms. The van der Waals surface area contributed by atoms with E-state index in [1.54, 1.807) is 24.3 Å². The van der Waals surface area contributed by atoms with E-state index in [9.17, 15) is 4.79 Å². The van der Waals surface area contributed by atoms with Crippen molar-refractivity contribution < 1.29 is 4.79 Å². The van der Waals surface area contributed by atoms with Gasteiger partial charge in [-0.15, -0.1) is 0 Å². The molecule has 0 aliphatic heterocycles. The predicted octanol–water partition coefficient (Wildman–Crippen LogP) is 2.03. The topological polar surface area (TPSA) is 79.0 Å². The molecule has 1 aliphatic carbocycles. The van der Waals surface area contributed by atoms with Crippen molar-refractivity contribution in [3.05, 3.63) is 35.4 Å². The molecule has 0 aromatic heterocycles. The van der Waals surface area contributed by atoms with Crippen LogP contribution in [0.4, 0.5) is 0 Å². The number of nitrogen functional groups attached to an aromatic ring is 1. The van der Waals surface area contributed by atoms with Gasteiger partial charge in [-0.1, -0.05) is 31.4 Å². The first-order chi connectivity index (χ1) is 8.66. The van der Waals surface area contributed by atoms with Crippen molar-refractivity contribution in [2.75, 3.05) is 0 Å². The van der Waals surface area contributed by atoms with Crippen LogP contribution in [-0.2, 0) is 0 Å². The van der Waals surface area contributed by atoms with Crippen molar-refractivity contribution in [2.45, 2.75) is 38.1 Å². The molecule has 1 aliphatic rings. The van der Waals surface area contributed by atoms with Crippen molar-refractivity contribution in [1.82, 2.24) is 5.32 Å². The third-order valence-electron chi connectivity index (χ3n) is 3.38. The summed E-state index contributed by atoms with van der Waals surface area (Å²) >= 11 is 0. The molecule has 18 heavy (non-hydrogen) atoms. The number of nitrogens with two attached hydrogens (primary N) is 1. The second kappa shape index (κ2) is 5.67. The second-order valence-corrected chi connectivity index (χ2v) is 4.80. The molecule has 96 valence electrons. The molecule has 4 N–H and O–H groups in total. The highest BCUT2D eigenvalue weighted by atomic mass is 16.1. The Bertz CT molecular complexity index is 450. The molecule has 0 bridgehead atoms. The minimum absolute atomic E-state index is 0.0117. The number of benzene rings is 1. The number of amidine groups is 1. The fourth-order valence-corrected chi connectivity index (χ4v) is 2.34. The Hall–Kier alpha value is -1.84. The monoisotopic (exact) mass is 245 g/mol. The molecule has 0 saturated heterocycles. The Morgan fingerprint density at radius 2 is 1.89 bits per heavy atom. The zero-order chi connectivity index (χ0) is 13.0. The van der Waals surface area contributed by atoms with Gasteiger partial charge in [-0.05, 0) is 25.0 Å². The zero-order valence-corrected chi connectivity index (χ0v) is 10.4. The van der Waals surface area contributed by atoms with Gasteiger partial charge < -0.3 is 11.1 Å². The lowest BCUT2D eigenvalue weighted by Crippen LogP contribution is -2.36. The summed E-state index contributed by atoms with van der Waals surface area (Å²) in [5.74, 6) is -0.0766. The van der Waals surface area contributed by atoms with Crippen LogP contribution < -0.4 is 11.1 Å². The first-order valence-electron chi connectivity index (χ1n) is 6.42. The first-order valence-corrected chi connectivity index (χ1v) is 6.42. The van der Waals surface area contributed by atoms with Crippen molar-refractivity contribution in [1.29, 1.82) is 5.41 Å². The smallest absolute Gasteiger partial charge is 0.251 e. The van der Waals surface area contributed by atoms with E-state index in [2.05, 4.69) is 5.32 Å². The summed E-state index contributed by atoms with van der Waals surface area (Å²) < 4.78 is 0. The van der Waals surface area contributed by atoms with E-state index in [1.807, 2.05) is 0 Å². The number of carbonyl (C=O) groups is 1. The van der Waals surface area contributed by atoms with Gasteiger partial charge in [-0.3, -0.25) is 10.2 Å². The van der Waals surface area contributed by atoms with E-state index >= 15 is 0 Å². The summed E-state index contributed by atoms with van der Waals surface area (Å²) in [6.45, 7) is 0. The van der Waals surface area contributed by atoms with E-state index < -0.39 is 0 Å². The number of hydrogen-bond donors (Lipinski definition) is 3. The SMILES string of the molecule is N=C(N)c1cccc(C(=O)NC2CCCCC2)c1. The van der Waals surface area contributed by atoms with Gasteiger partial charge in [0.25, 0.3) is 5.91 Å². The van der Waals surface area contributed by atoms with Crippen LogP contribution in [0.3, 0.4) is 0 Å². The lowest BCUT2D eigenvalue weighted by atomic mass is 9.95. The molecule has 2 rings (SSSR count). The van der Waals surface area contributed by atoms with Gasteiger partial charge in [0.05, 0.1) is 0 Å². The van der Waals surface area contributed by atoms with Crippen molar-refractivity contribution >= 4 is 11.7 Å². The van der Waals surface area contributed by atoms with Crippen molar-refractivity contribution in [3.8, 4) is 0 Å². The lowest BCUT2D eigenvalue weighted by molar-refractivity contribution is 0.0927. The van der Waals surface area contributed by atoms with Crippen LogP contribution >= 0.6 is 0 Å². The quantitative estimate of drug-likeness (QED) is 0.562. The normalized spacial score (nSPS) is 16.2. The van der Waals surface area contributed by atoms with Crippen LogP contribution in [0, 0.1) is 5.41 Å². The molecule has 1 aromatic carbocycles. The second-order valence-electron chi connectivity index (χ2n) is 4.80. The highest BCUT2D eigenvalue weighted by molar-refractivity contribution is 6.00. The summed E-state index contributed by atoms with van der Waals surface area (Å²) in [6, 6.07) is 7.21. The number of amides is 1. The fraction of sp³-hybridized carbons (Fsp3) is 0.429. The average Bonchev–Trinajstić information content (AvgIpc) is 2.40. The molecule has 1 amide bonds. The van der Waals surface area contributed by atoms with Crippen LogP contribution in [-0.4, -0.2) is 17.8 Å². The summed E-state index contributed by atoms with van der Waals surface area (Å²) in [5.41, 5.74) is 6.58. The molecular weight excluding hydrogens is 226 g/mol. The van der Waals surface area contributed by atoms with Gasteiger partial charge in [0.1, 0.15) is 5.84 Å². The lowest BCUT2D eigenvalue weighted by Gasteiger charge is -2.22. The maximum absolute atomic E-state index is 12.1. The van der Waals surface area contributed by atoms with Crippen LogP contribution in [0.5, 0.6) is 0 Å². The van der Waals surface area contributed by atoms with Crippen LogP contribution in [0.1, 0.15) is 48.0 Å². The van der Waals surface area contributed by atoms with Crippen LogP contribution in [0.2, 0.25) is 0 Å². The van der Waals surface area contributed by atoms with E-state index in [4.69, 9.17) is 11.1 Å². The maximum Gasteiger partial charge on any atom is 0.251 e. The minimum Gasteiger partial charge on any atom is -0.384 e. The Morgan fingerprint density at radius 3 is 2.56 bits per heavy atom. The average molecular weight is 245 g/mol.